The lowest BCUT2D eigenvalue weighted by molar-refractivity contribution is 0.102. The van der Waals surface area contributed by atoms with Crippen molar-refractivity contribution >= 4 is 23.1 Å². The highest BCUT2D eigenvalue weighted by Crippen LogP contribution is 2.34. The number of hydrogen-bond donors (Lipinski definition) is 1. The lowest BCUT2D eigenvalue weighted by atomic mass is 10.0. The maximum Gasteiger partial charge on any atom is 0.266 e. The molecule has 0 bridgehead atoms. The third-order valence-corrected chi connectivity index (χ3v) is 5.75. The lowest BCUT2D eigenvalue weighted by Gasteiger charge is -2.19. The van der Waals surface area contributed by atoms with Crippen molar-refractivity contribution < 1.29 is 9.53 Å². The van der Waals surface area contributed by atoms with Crippen molar-refractivity contribution in [2.75, 3.05) is 12.4 Å². The molecule has 0 aliphatic heterocycles. The minimum Gasteiger partial charge on any atom is -0.496 e. The Kier molecular flexibility index (Phi) is 5.68. The molecule has 156 valence electrons. The molecule has 0 aliphatic carbocycles. The van der Waals surface area contributed by atoms with Crippen molar-refractivity contribution in [1.29, 1.82) is 0 Å². The number of ether oxygens (including phenoxy) is 1. The molecular formula is C24H21N3O3S. The van der Waals surface area contributed by atoms with Crippen LogP contribution in [-0.2, 0) is 0 Å². The molecule has 31 heavy (non-hydrogen) atoms. The van der Waals surface area contributed by atoms with Crippen LogP contribution in [0.4, 0.5) is 5.82 Å². The zero-order valence-corrected chi connectivity index (χ0v) is 18.2. The number of benzene rings is 2. The second kappa shape index (κ2) is 8.57. The number of amides is 1. The van der Waals surface area contributed by atoms with Gasteiger partial charge in [-0.25, -0.2) is 4.68 Å². The van der Waals surface area contributed by atoms with Crippen LogP contribution in [0.25, 0.3) is 16.8 Å². The summed E-state index contributed by atoms with van der Waals surface area (Å²) in [6.45, 7) is 3.66. The monoisotopic (exact) mass is 431 g/mol. The van der Waals surface area contributed by atoms with Gasteiger partial charge in [-0.05, 0) is 43.5 Å². The van der Waals surface area contributed by atoms with Crippen LogP contribution in [0.3, 0.4) is 0 Å². The predicted octanol–water partition coefficient (Wildman–Crippen LogP) is 4.84. The Labute approximate surface area is 183 Å². The molecule has 0 fully saturated rings. The van der Waals surface area contributed by atoms with E-state index in [0.717, 1.165) is 11.3 Å². The summed E-state index contributed by atoms with van der Waals surface area (Å²) in [5.41, 5.74) is 2.78. The Morgan fingerprint density at radius 1 is 1.03 bits per heavy atom. The quantitative estimate of drug-likeness (QED) is 0.491. The third kappa shape index (κ3) is 4.00. The van der Waals surface area contributed by atoms with Gasteiger partial charge >= 0.3 is 0 Å². The molecular weight excluding hydrogens is 410 g/mol. The molecule has 6 nitrogen and oxygen atoms in total. The van der Waals surface area contributed by atoms with Gasteiger partial charge < -0.3 is 10.1 Å². The number of para-hydroxylation sites is 1. The Bertz CT molecular complexity index is 1290. The highest BCUT2D eigenvalue weighted by Gasteiger charge is 2.23. The first-order chi connectivity index (χ1) is 15.0. The Morgan fingerprint density at radius 2 is 1.77 bits per heavy atom. The molecule has 0 spiro atoms. The molecule has 1 N–H and O–H groups in total. The van der Waals surface area contributed by atoms with Gasteiger partial charge in [-0.15, -0.1) is 11.3 Å². The van der Waals surface area contributed by atoms with E-state index in [0.29, 0.717) is 33.3 Å². The summed E-state index contributed by atoms with van der Waals surface area (Å²) in [4.78, 5) is 26.8. The van der Waals surface area contributed by atoms with Gasteiger partial charge in [0.25, 0.3) is 5.91 Å². The number of hydrogen-bond acceptors (Lipinski definition) is 5. The number of aromatic nitrogens is 2. The number of carbonyl (C=O) groups is 1. The van der Waals surface area contributed by atoms with E-state index in [9.17, 15) is 9.59 Å². The lowest BCUT2D eigenvalue weighted by Crippen LogP contribution is -2.24. The zero-order chi connectivity index (χ0) is 22.0. The summed E-state index contributed by atoms with van der Waals surface area (Å²) < 4.78 is 7.11. The van der Waals surface area contributed by atoms with Gasteiger partial charge in [-0.3, -0.25) is 9.59 Å². The second-order valence-electron chi connectivity index (χ2n) is 7.02. The molecule has 0 aliphatic rings. The van der Waals surface area contributed by atoms with E-state index in [4.69, 9.17) is 4.74 Å². The predicted molar refractivity (Wildman–Crippen MR) is 124 cm³/mol. The standard InChI is InChI=1S/C24H21N3O3S/c1-15-10-12-17(13-11-15)27-23(25-24(29)20-9-6-14-31-20)21(22(28)16(2)26-27)18-7-4-5-8-19(18)30-3/h4-14H,1-3H3,(H,25,29). The normalized spacial score (nSPS) is 10.7. The van der Waals surface area contributed by atoms with Crippen molar-refractivity contribution in [3.8, 4) is 22.6 Å². The van der Waals surface area contributed by atoms with Crippen LogP contribution < -0.4 is 15.5 Å². The number of nitrogens with zero attached hydrogens (tertiary/aromatic N) is 2. The second-order valence-corrected chi connectivity index (χ2v) is 7.96. The first kappa shape index (κ1) is 20.6. The van der Waals surface area contributed by atoms with E-state index < -0.39 is 0 Å². The fourth-order valence-corrected chi connectivity index (χ4v) is 3.92. The van der Waals surface area contributed by atoms with E-state index in [1.165, 1.54) is 11.3 Å². The van der Waals surface area contributed by atoms with Crippen LogP contribution in [0, 0.1) is 13.8 Å². The number of rotatable bonds is 5. The van der Waals surface area contributed by atoms with E-state index in [1.807, 2.05) is 48.7 Å². The molecule has 2 heterocycles. The molecule has 1 amide bonds. The summed E-state index contributed by atoms with van der Waals surface area (Å²) in [5, 5.41) is 9.26. The van der Waals surface area contributed by atoms with Crippen molar-refractivity contribution in [2.24, 2.45) is 0 Å². The highest BCUT2D eigenvalue weighted by atomic mass is 32.1. The van der Waals surface area contributed by atoms with Gasteiger partial charge in [0.15, 0.2) is 0 Å². The average molecular weight is 432 g/mol. The maximum atomic E-state index is 13.3. The number of nitrogens with one attached hydrogen (secondary N) is 1. The molecule has 0 atom stereocenters. The van der Waals surface area contributed by atoms with Gasteiger partial charge in [0, 0.05) is 5.56 Å². The average Bonchev–Trinajstić information content (AvgIpc) is 3.32. The van der Waals surface area contributed by atoms with Crippen LogP contribution in [0.1, 0.15) is 20.9 Å². The van der Waals surface area contributed by atoms with Crippen molar-refractivity contribution in [2.45, 2.75) is 13.8 Å². The molecule has 7 heteroatoms. The van der Waals surface area contributed by atoms with Crippen LogP contribution in [0.5, 0.6) is 5.75 Å². The van der Waals surface area contributed by atoms with Crippen LogP contribution in [0.15, 0.2) is 70.8 Å². The fourth-order valence-electron chi connectivity index (χ4n) is 3.31. The topological polar surface area (TPSA) is 73.2 Å². The Balaban J connectivity index is 2.01. The molecule has 2 aromatic carbocycles. The fraction of sp³-hybridized carbons (Fsp3) is 0.125. The highest BCUT2D eigenvalue weighted by molar-refractivity contribution is 7.12. The Hall–Kier alpha value is -3.71. The smallest absolute Gasteiger partial charge is 0.266 e. The minimum atomic E-state index is -0.308. The van der Waals surface area contributed by atoms with Crippen molar-refractivity contribution in [3.63, 3.8) is 0 Å². The summed E-state index contributed by atoms with van der Waals surface area (Å²) in [5.74, 6) is 0.520. The molecule has 0 unspecified atom stereocenters. The van der Waals surface area contributed by atoms with Gasteiger partial charge in [0.2, 0.25) is 5.43 Å². The Morgan fingerprint density at radius 3 is 2.45 bits per heavy atom. The van der Waals surface area contributed by atoms with Gasteiger partial charge in [0.05, 0.1) is 23.2 Å². The molecule has 4 aromatic rings. The van der Waals surface area contributed by atoms with Crippen LogP contribution in [-0.4, -0.2) is 22.8 Å². The van der Waals surface area contributed by atoms with E-state index >= 15 is 0 Å². The minimum absolute atomic E-state index is 0.269. The van der Waals surface area contributed by atoms with Crippen molar-refractivity contribution in [3.05, 3.63) is 92.4 Å². The SMILES string of the molecule is COc1ccccc1-c1c(NC(=O)c2cccs2)n(-c2ccc(C)cc2)nc(C)c1=O. The van der Waals surface area contributed by atoms with Gasteiger partial charge in [-0.2, -0.15) is 5.10 Å². The number of thiophene rings is 1. The summed E-state index contributed by atoms with van der Waals surface area (Å²) in [7, 11) is 1.55. The summed E-state index contributed by atoms with van der Waals surface area (Å²) >= 11 is 1.33. The number of methoxy groups -OCH3 is 1. The first-order valence-corrected chi connectivity index (χ1v) is 10.6. The van der Waals surface area contributed by atoms with Gasteiger partial charge in [-0.1, -0.05) is 42.0 Å². The first-order valence-electron chi connectivity index (χ1n) is 9.69. The molecule has 2 aromatic heterocycles. The van der Waals surface area contributed by atoms with Crippen molar-refractivity contribution in [1.82, 2.24) is 9.78 Å². The van der Waals surface area contributed by atoms with E-state index in [-0.39, 0.29) is 11.3 Å². The molecule has 0 saturated heterocycles. The van der Waals surface area contributed by atoms with Gasteiger partial charge in [0.1, 0.15) is 17.3 Å². The largest absolute Gasteiger partial charge is 0.496 e. The molecule has 4 rings (SSSR count). The number of aryl methyl sites for hydroxylation is 2. The summed E-state index contributed by atoms with van der Waals surface area (Å²) in [6, 6.07) is 18.5. The van der Waals surface area contributed by atoms with Crippen LogP contribution >= 0.6 is 11.3 Å². The molecule has 0 radical (unpaired) electrons. The van der Waals surface area contributed by atoms with E-state index in [1.54, 1.807) is 43.0 Å². The van der Waals surface area contributed by atoms with E-state index in [2.05, 4.69) is 10.4 Å². The zero-order valence-electron chi connectivity index (χ0n) is 17.4. The maximum absolute atomic E-state index is 13.3. The number of anilines is 1. The number of carbonyl (C=O) groups excluding carboxylic acids is 1. The van der Waals surface area contributed by atoms with Crippen LogP contribution in [0.2, 0.25) is 0 Å². The summed E-state index contributed by atoms with van der Waals surface area (Å²) in [6.07, 6.45) is 0. The molecule has 0 saturated carbocycles. The third-order valence-electron chi connectivity index (χ3n) is 4.89.